The van der Waals surface area contributed by atoms with Crippen molar-refractivity contribution in [3.8, 4) is 11.5 Å². The first-order valence-electron chi connectivity index (χ1n) is 7.80. The van der Waals surface area contributed by atoms with E-state index < -0.39 is 0 Å². The summed E-state index contributed by atoms with van der Waals surface area (Å²) in [5, 5.41) is 13.4. The van der Waals surface area contributed by atoms with E-state index in [0.29, 0.717) is 17.2 Å². The van der Waals surface area contributed by atoms with Crippen LogP contribution in [0.4, 0.5) is 0 Å². The van der Waals surface area contributed by atoms with E-state index in [1.807, 2.05) is 25.1 Å². The number of nitrogens with one attached hydrogen (secondary N) is 1. The molecule has 2 N–H and O–H groups in total. The number of aryl methyl sites for hydroxylation is 1. The Kier molecular flexibility index (Phi) is 5.95. The van der Waals surface area contributed by atoms with Crippen molar-refractivity contribution in [1.29, 1.82) is 0 Å². The second kappa shape index (κ2) is 8.15. The number of aromatic hydroxyl groups is 1. The van der Waals surface area contributed by atoms with E-state index in [0.717, 1.165) is 11.1 Å². The van der Waals surface area contributed by atoms with Gasteiger partial charge in [-0.25, -0.2) is 5.43 Å². The van der Waals surface area contributed by atoms with Gasteiger partial charge in [0.15, 0.2) is 6.61 Å². The number of hydrogen-bond donors (Lipinski definition) is 2. The van der Waals surface area contributed by atoms with Crippen LogP contribution in [0.15, 0.2) is 47.6 Å². The Morgan fingerprint density at radius 3 is 2.75 bits per heavy atom. The molecular weight excluding hydrogens is 304 g/mol. The maximum Gasteiger partial charge on any atom is 0.277 e. The summed E-state index contributed by atoms with van der Waals surface area (Å²) in [4.78, 5) is 11.8. The number of nitrogens with zero attached hydrogens (tertiary/aromatic N) is 1. The lowest BCUT2D eigenvalue weighted by Gasteiger charge is -2.14. The van der Waals surface area contributed by atoms with Gasteiger partial charge in [-0.05, 0) is 42.2 Å². The van der Waals surface area contributed by atoms with Gasteiger partial charge in [-0.15, -0.1) is 0 Å². The van der Waals surface area contributed by atoms with Crippen LogP contribution in [-0.2, 0) is 4.79 Å². The molecule has 0 spiro atoms. The van der Waals surface area contributed by atoms with Crippen LogP contribution in [0.25, 0.3) is 0 Å². The lowest BCUT2D eigenvalue weighted by Crippen LogP contribution is -2.25. The van der Waals surface area contributed by atoms with Crippen LogP contribution in [0.2, 0.25) is 0 Å². The zero-order valence-electron chi connectivity index (χ0n) is 14.1. The quantitative estimate of drug-likeness (QED) is 0.632. The zero-order valence-corrected chi connectivity index (χ0v) is 14.1. The summed E-state index contributed by atoms with van der Waals surface area (Å²) in [7, 11) is 0. The molecule has 126 valence electrons. The SMILES string of the molecule is Cc1ccc(C(C)C)c(OCC(=O)N/N=C/c2ccccc2O)c1. The first-order valence-corrected chi connectivity index (χ1v) is 7.80. The van der Waals surface area contributed by atoms with Crippen molar-refractivity contribution in [2.45, 2.75) is 26.7 Å². The van der Waals surface area contributed by atoms with Crippen LogP contribution in [-0.4, -0.2) is 23.8 Å². The molecule has 0 unspecified atom stereocenters. The van der Waals surface area contributed by atoms with Crippen LogP contribution >= 0.6 is 0 Å². The molecule has 0 bridgehead atoms. The highest BCUT2D eigenvalue weighted by molar-refractivity contribution is 5.85. The molecule has 0 radical (unpaired) electrons. The van der Waals surface area contributed by atoms with E-state index in [9.17, 15) is 9.90 Å². The number of phenolic OH excluding ortho intramolecular Hbond substituents is 1. The van der Waals surface area contributed by atoms with E-state index >= 15 is 0 Å². The van der Waals surface area contributed by atoms with Gasteiger partial charge >= 0.3 is 0 Å². The monoisotopic (exact) mass is 326 g/mol. The summed E-state index contributed by atoms with van der Waals surface area (Å²) in [6, 6.07) is 12.7. The van der Waals surface area contributed by atoms with Gasteiger partial charge in [0.05, 0.1) is 6.21 Å². The fourth-order valence-corrected chi connectivity index (χ4v) is 2.19. The zero-order chi connectivity index (χ0) is 17.5. The molecule has 0 aliphatic heterocycles. The number of hydrazone groups is 1. The Bertz CT molecular complexity index is 739. The fourth-order valence-electron chi connectivity index (χ4n) is 2.19. The van der Waals surface area contributed by atoms with E-state index in [1.165, 1.54) is 6.21 Å². The Morgan fingerprint density at radius 2 is 2.04 bits per heavy atom. The minimum Gasteiger partial charge on any atom is -0.507 e. The lowest BCUT2D eigenvalue weighted by atomic mass is 10.0. The van der Waals surface area contributed by atoms with Gasteiger partial charge < -0.3 is 9.84 Å². The standard InChI is InChI=1S/C19H22N2O3/c1-13(2)16-9-8-14(3)10-18(16)24-12-19(23)21-20-11-15-6-4-5-7-17(15)22/h4-11,13,22H,12H2,1-3H3,(H,21,23)/b20-11+. The van der Waals surface area contributed by atoms with Gasteiger partial charge in [0, 0.05) is 5.56 Å². The summed E-state index contributed by atoms with van der Waals surface area (Å²) in [5.41, 5.74) is 5.05. The molecule has 0 atom stereocenters. The molecule has 5 heteroatoms. The van der Waals surface area contributed by atoms with Crippen molar-refractivity contribution in [1.82, 2.24) is 5.43 Å². The molecule has 0 aromatic heterocycles. The van der Waals surface area contributed by atoms with Crippen molar-refractivity contribution in [3.63, 3.8) is 0 Å². The minimum atomic E-state index is -0.363. The van der Waals surface area contributed by atoms with Gasteiger partial charge in [-0.2, -0.15) is 5.10 Å². The highest BCUT2D eigenvalue weighted by atomic mass is 16.5. The van der Waals surface area contributed by atoms with E-state index in [4.69, 9.17) is 4.74 Å². The van der Waals surface area contributed by atoms with Crippen molar-refractivity contribution >= 4 is 12.1 Å². The van der Waals surface area contributed by atoms with Gasteiger partial charge in [-0.3, -0.25) is 4.79 Å². The molecule has 1 amide bonds. The maximum absolute atomic E-state index is 11.8. The van der Waals surface area contributed by atoms with Gasteiger partial charge in [0.1, 0.15) is 11.5 Å². The van der Waals surface area contributed by atoms with E-state index in [-0.39, 0.29) is 18.3 Å². The average Bonchev–Trinajstić information content (AvgIpc) is 2.54. The molecule has 2 aromatic rings. The average molecular weight is 326 g/mol. The number of para-hydroxylation sites is 1. The minimum absolute atomic E-state index is 0.105. The van der Waals surface area contributed by atoms with Crippen molar-refractivity contribution in [2.24, 2.45) is 5.10 Å². The molecule has 0 fully saturated rings. The summed E-state index contributed by atoms with van der Waals surface area (Å²) in [5.74, 6) is 0.763. The number of phenols is 1. The highest BCUT2D eigenvalue weighted by Crippen LogP contribution is 2.27. The molecule has 24 heavy (non-hydrogen) atoms. The van der Waals surface area contributed by atoms with Crippen molar-refractivity contribution in [3.05, 3.63) is 59.2 Å². The maximum atomic E-state index is 11.8. The summed E-state index contributed by atoms with van der Waals surface area (Å²) in [6.07, 6.45) is 1.39. The molecule has 0 heterocycles. The number of hydrogen-bond acceptors (Lipinski definition) is 4. The van der Waals surface area contributed by atoms with E-state index in [1.54, 1.807) is 24.3 Å². The number of ether oxygens (including phenoxy) is 1. The largest absolute Gasteiger partial charge is 0.507 e. The third-order valence-electron chi connectivity index (χ3n) is 3.48. The fraction of sp³-hybridized carbons (Fsp3) is 0.263. The molecule has 5 nitrogen and oxygen atoms in total. The molecule has 2 rings (SSSR count). The Hall–Kier alpha value is -2.82. The lowest BCUT2D eigenvalue weighted by molar-refractivity contribution is -0.123. The van der Waals surface area contributed by atoms with Gasteiger partial charge in [0.2, 0.25) is 0 Å². The Morgan fingerprint density at radius 1 is 1.29 bits per heavy atom. The summed E-state index contributed by atoms with van der Waals surface area (Å²) < 4.78 is 5.63. The van der Waals surface area contributed by atoms with Crippen LogP contribution in [0.3, 0.4) is 0 Å². The molecule has 0 aliphatic rings. The Labute approximate surface area is 142 Å². The van der Waals surface area contributed by atoms with Crippen LogP contribution in [0.5, 0.6) is 11.5 Å². The number of carbonyl (C=O) groups excluding carboxylic acids is 1. The molecule has 0 saturated carbocycles. The first-order chi connectivity index (χ1) is 11.5. The second-order valence-electron chi connectivity index (χ2n) is 5.84. The van der Waals surface area contributed by atoms with Crippen molar-refractivity contribution < 1.29 is 14.6 Å². The topological polar surface area (TPSA) is 70.9 Å². The normalized spacial score (nSPS) is 11.0. The van der Waals surface area contributed by atoms with Gasteiger partial charge in [-0.1, -0.05) is 38.1 Å². The summed E-state index contributed by atoms with van der Waals surface area (Å²) >= 11 is 0. The van der Waals surface area contributed by atoms with Crippen LogP contribution in [0, 0.1) is 6.92 Å². The highest BCUT2D eigenvalue weighted by Gasteiger charge is 2.10. The third-order valence-corrected chi connectivity index (χ3v) is 3.48. The smallest absolute Gasteiger partial charge is 0.277 e. The molecule has 0 aliphatic carbocycles. The second-order valence-corrected chi connectivity index (χ2v) is 5.84. The third kappa shape index (κ3) is 4.84. The van der Waals surface area contributed by atoms with Crippen molar-refractivity contribution in [2.75, 3.05) is 6.61 Å². The predicted octanol–water partition coefficient (Wildman–Crippen LogP) is 3.35. The molecular formula is C19H22N2O3. The van der Waals surface area contributed by atoms with Gasteiger partial charge in [0.25, 0.3) is 5.91 Å². The first kappa shape index (κ1) is 17.5. The number of amides is 1. The van der Waals surface area contributed by atoms with Crippen LogP contribution in [0.1, 0.15) is 36.5 Å². The number of rotatable bonds is 6. The number of benzene rings is 2. The molecule has 0 saturated heterocycles. The molecule has 2 aromatic carbocycles. The van der Waals surface area contributed by atoms with Crippen LogP contribution < -0.4 is 10.2 Å². The van der Waals surface area contributed by atoms with E-state index in [2.05, 4.69) is 24.4 Å². The number of carbonyl (C=O) groups is 1. The Balaban J connectivity index is 1.92. The summed E-state index contributed by atoms with van der Waals surface area (Å²) in [6.45, 7) is 6.01. The predicted molar refractivity (Wildman–Crippen MR) is 94.6 cm³/mol.